The summed E-state index contributed by atoms with van der Waals surface area (Å²) < 4.78 is 5.66. The van der Waals surface area contributed by atoms with Gasteiger partial charge in [-0.1, -0.05) is 37.3 Å². The Bertz CT molecular complexity index is 730. The lowest BCUT2D eigenvalue weighted by Gasteiger charge is -2.20. The van der Waals surface area contributed by atoms with Gasteiger partial charge in [0.05, 0.1) is 5.56 Å². The number of carbonyl (C=O) groups is 2. The van der Waals surface area contributed by atoms with Crippen molar-refractivity contribution in [2.45, 2.75) is 20.0 Å². The van der Waals surface area contributed by atoms with Crippen LogP contribution in [0.4, 0.5) is 0 Å². The number of carboxylic acid groups (broad SMARTS) is 1. The molecule has 0 bridgehead atoms. The second kappa shape index (κ2) is 8.73. The molecule has 0 aliphatic heterocycles. The van der Waals surface area contributed by atoms with Crippen molar-refractivity contribution < 1.29 is 24.5 Å². The fourth-order valence-electron chi connectivity index (χ4n) is 2.37. The van der Waals surface area contributed by atoms with Crippen molar-refractivity contribution >= 4 is 11.9 Å². The van der Waals surface area contributed by atoms with Crippen molar-refractivity contribution in [2.75, 3.05) is 13.1 Å². The SMILES string of the molecule is CCCN(CC(=O)O)C(=O)c1cc(OCc2ccccc2)ccc1O. The van der Waals surface area contributed by atoms with Crippen LogP contribution in [0.25, 0.3) is 0 Å². The molecule has 0 unspecified atom stereocenters. The van der Waals surface area contributed by atoms with Crippen LogP contribution in [0, 0.1) is 0 Å². The Labute approximate surface area is 146 Å². The predicted molar refractivity (Wildman–Crippen MR) is 92.7 cm³/mol. The van der Waals surface area contributed by atoms with Crippen LogP contribution in [0.1, 0.15) is 29.3 Å². The van der Waals surface area contributed by atoms with Crippen LogP contribution in [0.3, 0.4) is 0 Å². The molecule has 0 saturated heterocycles. The van der Waals surface area contributed by atoms with Gasteiger partial charge in [-0.15, -0.1) is 0 Å². The molecule has 0 fully saturated rings. The molecule has 0 atom stereocenters. The van der Waals surface area contributed by atoms with Gasteiger partial charge >= 0.3 is 5.97 Å². The normalized spacial score (nSPS) is 10.3. The van der Waals surface area contributed by atoms with E-state index in [-0.39, 0.29) is 11.3 Å². The van der Waals surface area contributed by atoms with Crippen molar-refractivity contribution in [2.24, 2.45) is 0 Å². The third-order valence-corrected chi connectivity index (χ3v) is 3.55. The van der Waals surface area contributed by atoms with E-state index in [2.05, 4.69) is 0 Å². The second-order valence-electron chi connectivity index (χ2n) is 5.57. The summed E-state index contributed by atoms with van der Waals surface area (Å²) in [5.74, 6) is -1.41. The van der Waals surface area contributed by atoms with E-state index in [1.807, 2.05) is 37.3 Å². The summed E-state index contributed by atoms with van der Waals surface area (Å²) in [7, 11) is 0. The Morgan fingerprint density at radius 3 is 2.48 bits per heavy atom. The number of hydrogen-bond donors (Lipinski definition) is 2. The van der Waals surface area contributed by atoms with Gasteiger partial charge in [0.1, 0.15) is 24.7 Å². The topological polar surface area (TPSA) is 87.1 Å². The standard InChI is InChI=1S/C19H21NO5/c1-2-10-20(12-18(22)23)19(24)16-11-15(8-9-17(16)21)25-13-14-6-4-3-5-7-14/h3-9,11,21H,2,10,12-13H2,1H3,(H,22,23). The zero-order valence-electron chi connectivity index (χ0n) is 14.0. The van der Waals surface area contributed by atoms with Crippen molar-refractivity contribution in [1.82, 2.24) is 4.90 Å². The molecule has 0 spiro atoms. The number of carboxylic acids is 1. The largest absolute Gasteiger partial charge is 0.507 e. The zero-order chi connectivity index (χ0) is 18.2. The Morgan fingerprint density at radius 2 is 1.84 bits per heavy atom. The van der Waals surface area contributed by atoms with Gasteiger partial charge in [0.25, 0.3) is 5.91 Å². The van der Waals surface area contributed by atoms with Crippen LogP contribution in [-0.2, 0) is 11.4 Å². The minimum atomic E-state index is -1.10. The third-order valence-electron chi connectivity index (χ3n) is 3.55. The van der Waals surface area contributed by atoms with Gasteiger partial charge in [0.15, 0.2) is 0 Å². The number of aliphatic carboxylic acids is 1. The van der Waals surface area contributed by atoms with E-state index in [0.717, 1.165) is 5.56 Å². The molecule has 0 aromatic heterocycles. The molecule has 132 valence electrons. The fraction of sp³-hybridized carbons (Fsp3) is 0.263. The van der Waals surface area contributed by atoms with Gasteiger partial charge in [0, 0.05) is 6.54 Å². The Balaban J connectivity index is 2.16. The minimum absolute atomic E-state index is 0.0280. The number of aromatic hydroxyl groups is 1. The summed E-state index contributed by atoms with van der Waals surface area (Å²) in [6, 6.07) is 13.9. The molecule has 6 nitrogen and oxygen atoms in total. The molecule has 2 aromatic carbocycles. The maximum atomic E-state index is 12.6. The summed E-state index contributed by atoms with van der Waals surface area (Å²) in [4.78, 5) is 24.7. The molecule has 2 rings (SSSR count). The Morgan fingerprint density at radius 1 is 1.12 bits per heavy atom. The van der Waals surface area contributed by atoms with Crippen LogP contribution < -0.4 is 4.74 Å². The molecule has 0 aliphatic carbocycles. The van der Waals surface area contributed by atoms with Crippen molar-refractivity contribution in [1.29, 1.82) is 0 Å². The number of rotatable bonds is 8. The molecule has 0 aliphatic rings. The van der Waals surface area contributed by atoms with E-state index in [0.29, 0.717) is 25.3 Å². The number of amides is 1. The summed E-state index contributed by atoms with van der Waals surface area (Å²) in [6.45, 7) is 2.05. The van der Waals surface area contributed by atoms with E-state index in [9.17, 15) is 14.7 Å². The number of carbonyl (C=O) groups excluding carboxylic acids is 1. The van der Waals surface area contributed by atoms with E-state index in [1.165, 1.54) is 17.0 Å². The highest BCUT2D eigenvalue weighted by molar-refractivity contribution is 5.98. The predicted octanol–water partition coefficient (Wildman–Crippen LogP) is 2.91. The van der Waals surface area contributed by atoms with Crippen LogP contribution in [0.2, 0.25) is 0 Å². The Kier molecular flexibility index (Phi) is 6.39. The van der Waals surface area contributed by atoms with E-state index in [4.69, 9.17) is 9.84 Å². The number of benzene rings is 2. The maximum absolute atomic E-state index is 12.6. The smallest absolute Gasteiger partial charge is 0.323 e. The highest BCUT2D eigenvalue weighted by Crippen LogP contribution is 2.25. The lowest BCUT2D eigenvalue weighted by atomic mass is 10.1. The van der Waals surface area contributed by atoms with Crippen molar-refractivity contribution in [3.63, 3.8) is 0 Å². The lowest BCUT2D eigenvalue weighted by Crippen LogP contribution is -2.36. The number of ether oxygens (including phenoxy) is 1. The molecule has 2 N–H and O–H groups in total. The molecule has 2 aromatic rings. The molecule has 25 heavy (non-hydrogen) atoms. The van der Waals surface area contributed by atoms with E-state index >= 15 is 0 Å². The fourth-order valence-corrected chi connectivity index (χ4v) is 2.37. The maximum Gasteiger partial charge on any atom is 0.323 e. The summed E-state index contributed by atoms with van der Waals surface area (Å²) >= 11 is 0. The zero-order valence-corrected chi connectivity index (χ0v) is 14.0. The average Bonchev–Trinajstić information content (AvgIpc) is 2.60. The molecule has 1 amide bonds. The first-order valence-corrected chi connectivity index (χ1v) is 8.02. The molecule has 6 heteroatoms. The lowest BCUT2D eigenvalue weighted by molar-refractivity contribution is -0.137. The van der Waals surface area contributed by atoms with Gasteiger partial charge < -0.3 is 19.8 Å². The first-order chi connectivity index (χ1) is 12.0. The molecular formula is C19H21NO5. The van der Waals surface area contributed by atoms with Gasteiger partial charge in [-0.3, -0.25) is 9.59 Å². The van der Waals surface area contributed by atoms with Crippen LogP contribution in [0.15, 0.2) is 48.5 Å². The molecule has 0 radical (unpaired) electrons. The first-order valence-electron chi connectivity index (χ1n) is 8.02. The quantitative estimate of drug-likeness (QED) is 0.769. The summed E-state index contributed by atoms with van der Waals surface area (Å²) in [5, 5.41) is 19.0. The molecule has 0 heterocycles. The number of phenolic OH excluding ortho intramolecular Hbond substituents is 1. The van der Waals surface area contributed by atoms with Gasteiger partial charge in [0.2, 0.25) is 0 Å². The third kappa shape index (κ3) is 5.24. The van der Waals surface area contributed by atoms with Gasteiger partial charge in [-0.05, 0) is 30.2 Å². The van der Waals surface area contributed by atoms with Crippen LogP contribution in [-0.4, -0.2) is 40.1 Å². The highest BCUT2D eigenvalue weighted by atomic mass is 16.5. The number of nitrogens with zero attached hydrogens (tertiary/aromatic N) is 1. The Hall–Kier alpha value is -3.02. The summed E-state index contributed by atoms with van der Waals surface area (Å²) in [5.41, 5.74) is 1.00. The monoisotopic (exact) mass is 343 g/mol. The van der Waals surface area contributed by atoms with E-state index in [1.54, 1.807) is 6.07 Å². The van der Waals surface area contributed by atoms with E-state index < -0.39 is 18.4 Å². The second-order valence-corrected chi connectivity index (χ2v) is 5.57. The number of phenols is 1. The van der Waals surface area contributed by atoms with Crippen molar-refractivity contribution in [3.8, 4) is 11.5 Å². The minimum Gasteiger partial charge on any atom is -0.507 e. The van der Waals surface area contributed by atoms with Gasteiger partial charge in [-0.25, -0.2) is 0 Å². The highest BCUT2D eigenvalue weighted by Gasteiger charge is 2.21. The summed E-state index contributed by atoms with van der Waals surface area (Å²) in [6.07, 6.45) is 0.615. The molecular weight excluding hydrogens is 322 g/mol. The van der Waals surface area contributed by atoms with Gasteiger partial charge in [-0.2, -0.15) is 0 Å². The van der Waals surface area contributed by atoms with Crippen molar-refractivity contribution in [3.05, 3.63) is 59.7 Å². The molecule has 0 saturated carbocycles. The number of hydrogen-bond acceptors (Lipinski definition) is 4. The van der Waals surface area contributed by atoms with Crippen LogP contribution in [0.5, 0.6) is 11.5 Å². The first kappa shape index (κ1) is 18.3. The average molecular weight is 343 g/mol. The van der Waals surface area contributed by atoms with Crippen LogP contribution >= 0.6 is 0 Å².